The molecule has 1 aliphatic heterocycles. The van der Waals surface area contributed by atoms with Gasteiger partial charge < -0.3 is 10.5 Å². The van der Waals surface area contributed by atoms with E-state index in [0.29, 0.717) is 0 Å². The van der Waals surface area contributed by atoms with Gasteiger partial charge in [0.2, 0.25) is 0 Å². The summed E-state index contributed by atoms with van der Waals surface area (Å²) in [6.07, 6.45) is 5.19. The normalized spacial score (nSPS) is 36.6. The van der Waals surface area contributed by atoms with Crippen molar-refractivity contribution in [1.82, 2.24) is 4.90 Å². The first kappa shape index (κ1) is 15.3. The van der Waals surface area contributed by atoms with E-state index in [0.717, 1.165) is 38.1 Å². The van der Waals surface area contributed by atoms with E-state index in [9.17, 15) is 0 Å². The summed E-state index contributed by atoms with van der Waals surface area (Å²) in [4.78, 5) is 2.67. The molecule has 1 aliphatic carbocycles. The third kappa shape index (κ3) is 2.98. The van der Waals surface area contributed by atoms with Crippen LogP contribution in [0.5, 0.6) is 0 Å². The van der Waals surface area contributed by atoms with E-state index < -0.39 is 0 Å². The molecule has 0 radical (unpaired) electrons. The van der Waals surface area contributed by atoms with E-state index in [1.165, 1.54) is 25.7 Å². The van der Waals surface area contributed by atoms with Crippen molar-refractivity contribution < 1.29 is 4.74 Å². The van der Waals surface area contributed by atoms with Crippen molar-refractivity contribution in [2.45, 2.75) is 64.5 Å². The van der Waals surface area contributed by atoms with Gasteiger partial charge in [-0.15, -0.1) is 0 Å². The summed E-state index contributed by atoms with van der Waals surface area (Å²) in [6.45, 7) is 12.9. The molecular formula is C16H32N2O. The molecular weight excluding hydrogens is 236 g/mol. The largest absolute Gasteiger partial charge is 0.378 e. The van der Waals surface area contributed by atoms with Crippen LogP contribution in [0.4, 0.5) is 0 Å². The van der Waals surface area contributed by atoms with Crippen LogP contribution in [0.3, 0.4) is 0 Å². The molecule has 2 rings (SSSR count). The SMILES string of the molecule is CC(C)C1CCC(CN)(N2CCOCC2(C)C)CC1. The van der Waals surface area contributed by atoms with Crippen molar-refractivity contribution in [3.05, 3.63) is 0 Å². The minimum absolute atomic E-state index is 0.127. The van der Waals surface area contributed by atoms with E-state index in [1.54, 1.807) is 0 Å². The second kappa shape index (κ2) is 5.71. The quantitative estimate of drug-likeness (QED) is 0.855. The molecule has 0 bridgehead atoms. The molecule has 1 saturated heterocycles. The van der Waals surface area contributed by atoms with Crippen molar-refractivity contribution in [1.29, 1.82) is 0 Å². The van der Waals surface area contributed by atoms with Crippen LogP contribution in [0.25, 0.3) is 0 Å². The highest BCUT2D eigenvalue weighted by molar-refractivity contribution is 5.02. The summed E-state index contributed by atoms with van der Waals surface area (Å²) in [5.74, 6) is 1.71. The van der Waals surface area contributed by atoms with Gasteiger partial charge in [-0.1, -0.05) is 13.8 Å². The number of hydrogen-bond donors (Lipinski definition) is 1. The van der Waals surface area contributed by atoms with Gasteiger partial charge in [0.1, 0.15) is 0 Å². The number of rotatable bonds is 3. The van der Waals surface area contributed by atoms with Crippen LogP contribution in [0, 0.1) is 11.8 Å². The van der Waals surface area contributed by atoms with Crippen LogP contribution in [-0.2, 0) is 4.74 Å². The molecule has 0 atom stereocenters. The topological polar surface area (TPSA) is 38.5 Å². The highest BCUT2D eigenvalue weighted by atomic mass is 16.5. The lowest BCUT2D eigenvalue weighted by atomic mass is 9.70. The molecule has 0 unspecified atom stereocenters. The van der Waals surface area contributed by atoms with Crippen molar-refractivity contribution >= 4 is 0 Å². The molecule has 1 saturated carbocycles. The molecule has 0 aromatic carbocycles. The van der Waals surface area contributed by atoms with Crippen molar-refractivity contribution in [2.24, 2.45) is 17.6 Å². The molecule has 3 nitrogen and oxygen atoms in total. The zero-order valence-corrected chi connectivity index (χ0v) is 13.2. The first-order valence-electron chi connectivity index (χ1n) is 7.97. The van der Waals surface area contributed by atoms with Gasteiger partial charge in [0.05, 0.1) is 13.2 Å². The fourth-order valence-electron chi connectivity index (χ4n) is 4.17. The van der Waals surface area contributed by atoms with Crippen LogP contribution < -0.4 is 5.73 Å². The minimum Gasteiger partial charge on any atom is -0.378 e. The zero-order valence-electron chi connectivity index (χ0n) is 13.2. The Hall–Kier alpha value is -0.120. The minimum atomic E-state index is 0.127. The lowest BCUT2D eigenvalue weighted by Gasteiger charge is -2.56. The van der Waals surface area contributed by atoms with Crippen LogP contribution in [0.15, 0.2) is 0 Å². The van der Waals surface area contributed by atoms with Gasteiger partial charge in [-0.05, 0) is 51.4 Å². The molecule has 1 heterocycles. The molecule has 0 spiro atoms. The van der Waals surface area contributed by atoms with E-state index in [4.69, 9.17) is 10.5 Å². The van der Waals surface area contributed by atoms with Crippen LogP contribution in [-0.4, -0.2) is 42.3 Å². The highest BCUT2D eigenvalue weighted by Crippen LogP contribution is 2.42. The Morgan fingerprint density at radius 1 is 1.26 bits per heavy atom. The summed E-state index contributed by atoms with van der Waals surface area (Å²) >= 11 is 0. The summed E-state index contributed by atoms with van der Waals surface area (Å²) in [5.41, 5.74) is 6.58. The lowest BCUT2D eigenvalue weighted by molar-refractivity contribution is -0.117. The summed E-state index contributed by atoms with van der Waals surface area (Å²) in [6, 6.07) is 0. The molecule has 0 aromatic heterocycles. The summed E-state index contributed by atoms with van der Waals surface area (Å²) < 4.78 is 5.67. The fourth-order valence-corrected chi connectivity index (χ4v) is 4.17. The lowest BCUT2D eigenvalue weighted by Crippen LogP contribution is -2.66. The van der Waals surface area contributed by atoms with Crippen molar-refractivity contribution in [3.8, 4) is 0 Å². The molecule has 2 fully saturated rings. The number of hydrogen-bond acceptors (Lipinski definition) is 3. The maximum Gasteiger partial charge on any atom is 0.0645 e. The zero-order chi connectivity index (χ0) is 14.1. The molecule has 19 heavy (non-hydrogen) atoms. The van der Waals surface area contributed by atoms with Gasteiger partial charge >= 0.3 is 0 Å². The number of nitrogens with zero attached hydrogens (tertiary/aromatic N) is 1. The molecule has 0 aromatic rings. The van der Waals surface area contributed by atoms with Crippen molar-refractivity contribution in [3.63, 3.8) is 0 Å². The molecule has 3 heteroatoms. The first-order chi connectivity index (χ1) is 8.91. The van der Waals surface area contributed by atoms with Gasteiger partial charge in [-0.3, -0.25) is 4.90 Å². The Kier molecular flexibility index (Phi) is 4.59. The van der Waals surface area contributed by atoms with E-state index in [1.807, 2.05) is 0 Å². The highest BCUT2D eigenvalue weighted by Gasteiger charge is 2.46. The molecule has 2 aliphatic rings. The van der Waals surface area contributed by atoms with Crippen LogP contribution in [0.1, 0.15) is 53.4 Å². The third-order valence-corrected chi connectivity index (χ3v) is 5.50. The average Bonchev–Trinajstić information content (AvgIpc) is 2.38. The van der Waals surface area contributed by atoms with Gasteiger partial charge in [-0.25, -0.2) is 0 Å². The second-order valence-corrected chi connectivity index (χ2v) is 7.53. The van der Waals surface area contributed by atoms with Gasteiger partial charge in [-0.2, -0.15) is 0 Å². The predicted octanol–water partition coefficient (Wildman–Crippen LogP) is 2.64. The van der Waals surface area contributed by atoms with Crippen LogP contribution in [0.2, 0.25) is 0 Å². The first-order valence-corrected chi connectivity index (χ1v) is 7.97. The number of ether oxygens (including phenoxy) is 1. The predicted molar refractivity (Wildman–Crippen MR) is 80.2 cm³/mol. The Balaban J connectivity index is 2.11. The Morgan fingerprint density at radius 2 is 1.89 bits per heavy atom. The van der Waals surface area contributed by atoms with Gasteiger partial charge in [0, 0.05) is 24.2 Å². The summed E-state index contributed by atoms with van der Waals surface area (Å²) in [5, 5.41) is 0. The maximum atomic E-state index is 6.23. The molecule has 2 N–H and O–H groups in total. The van der Waals surface area contributed by atoms with E-state index in [-0.39, 0.29) is 11.1 Å². The average molecular weight is 268 g/mol. The van der Waals surface area contributed by atoms with Crippen molar-refractivity contribution in [2.75, 3.05) is 26.3 Å². The number of morpholine rings is 1. The fraction of sp³-hybridized carbons (Fsp3) is 1.00. The summed E-state index contributed by atoms with van der Waals surface area (Å²) in [7, 11) is 0. The maximum absolute atomic E-state index is 6.23. The Bertz CT molecular complexity index is 293. The monoisotopic (exact) mass is 268 g/mol. The van der Waals surface area contributed by atoms with Gasteiger partial charge in [0.25, 0.3) is 0 Å². The van der Waals surface area contributed by atoms with Crippen LogP contribution >= 0.6 is 0 Å². The van der Waals surface area contributed by atoms with E-state index in [2.05, 4.69) is 32.6 Å². The molecule has 112 valence electrons. The Morgan fingerprint density at radius 3 is 2.37 bits per heavy atom. The van der Waals surface area contributed by atoms with E-state index >= 15 is 0 Å². The van der Waals surface area contributed by atoms with Gasteiger partial charge in [0.15, 0.2) is 0 Å². The number of nitrogens with two attached hydrogens (primary N) is 1. The Labute approximate surface area is 118 Å². The third-order valence-electron chi connectivity index (χ3n) is 5.50. The standard InChI is InChI=1S/C16H32N2O/c1-13(2)14-5-7-16(11-17,8-6-14)18-9-10-19-12-15(18,3)4/h13-14H,5-12,17H2,1-4H3. The second-order valence-electron chi connectivity index (χ2n) is 7.53. The smallest absolute Gasteiger partial charge is 0.0645 e. The molecule has 0 amide bonds.